The van der Waals surface area contributed by atoms with Crippen LogP contribution in [0.5, 0.6) is 0 Å². The van der Waals surface area contributed by atoms with Gasteiger partial charge in [0, 0.05) is 12.3 Å². The number of nitrogens with one attached hydrogen (secondary N) is 1. The number of carbonyl (C=O) groups excluding carboxylic acids is 1. The molecule has 0 saturated heterocycles. The Hall–Kier alpha value is -2.37. The molecule has 0 aliphatic rings. The molecule has 3 nitrogen and oxygen atoms in total. The van der Waals surface area contributed by atoms with E-state index < -0.39 is 23.5 Å². The summed E-state index contributed by atoms with van der Waals surface area (Å²) in [6.07, 6.45) is 1.18. The number of carbonyl (C=O) groups is 1. The van der Waals surface area contributed by atoms with Gasteiger partial charge < -0.3 is 5.32 Å². The Morgan fingerprint density at radius 1 is 1.17 bits per heavy atom. The van der Waals surface area contributed by atoms with Gasteiger partial charge in [-0.1, -0.05) is 0 Å². The predicted molar refractivity (Wildman–Crippen MR) is 58.5 cm³/mol. The van der Waals surface area contributed by atoms with E-state index >= 15 is 0 Å². The highest BCUT2D eigenvalue weighted by Gasteiger charge is 2.14. The first kappa shape index (κ1) is 12.1. The van der Waals surface area contributed by atoms with Crippen LogP contribution in [0, 0.1) is 17.6 Å². The van der Waals surface area contributed by atoms with E-state index in [0.717, 1.165) is 18.2 Å². The molecule has 1 N–H and O–H groups in total. The van der Waals surface area contributed by atoms with Gasteiger partial charge in [-0.3, -0.25) is 4.79 Å². The Morgan fingerprint density at radius 3 is 2.67 bits per heavy atom. The third-order valence-corrected chi connectivity index (χ3v) is 2.18. The molecule has 0 spiro atoms. The maximum absolute atomic E-state index is 13.3. The lowest BCUT2D eigenvalue weighted by Crippen LogP contribution is -2.15. The van der Waals surface area contributed by atoms with Crippen LogP contribution in [0.4, 0.5) is 18.9 Å². The van der Waals surface area contributed by atoms with Crippen molar-refractivity contribution in [1.29, 1.82) is 0 Å². The van der Waals surface area contributed by atoms with E-state index in [1.807, 2.05) is 0 Å². The highest BCUT2D eigenvalue weighted by molar-refractivity contribution is 6.04. The second-order valence-electron chi connectivity index (χ2n) is 3.42. The van der Waals surface area contributed by atoms with E-state index in [9.17, 15) is 18.0 Å². The average molecular weight is 252 g/mol. The van der Waals surface area contributed by atoms with Crippen LogP contribution in [0.2, 0.25) is 0 Å². The number of halogens is 3. The zero-order chi connectivity index (χ0) is 13.1. The summed E-state index contributed by atoms with van der Waals surface area (Å²) in [7, 11) is 0. The van der Waals surface area contributed by atoms with E-state index in [1.54, 1.807) is 0 Å². The number of pyridine rings is 1. The van der Waals surface area contributed by atoms with Crippen molar-refractivity contribution in [2.24, 2.45) is 0 Å². The molecule has 0 saturated carbocycles. The Labute approximate surface area is 100 Å². The van der Waals surface area contributed by atoms with Crippen LogP contribution in [0.1, 0.15) is 10.4 Å². The molecule has 0 unspecified atom stereocenters. The van der Waals surface area contributed by atoms with E-state index in [2.05, 4.69) is 10.3 Å². The van der Waals surface area contributed by atoms with Crippen molar-refractivity contribution in [2.75, 3.05) is 5.32 Å². The fourth-order valence-corrected chi connectivity index (χ4v) is 1.34. The molecule has 1 aromatic carbocycles. The van der Waals surface area contributed by atoms with Gasteiger partial charge in [0.1, 0.15) is 11.6 Å². The summed E-state index contributed by atoms with van der Waals surface area (Å²) >= 11 is 0. The Kier molecular flexibility index (Phi) is 3.27. The monoisotopic (exact) mass is 252 g/mol. The van der Waals surface area contributed by atoms with Gasteiger partial charge >= 0.3 is 0 Å². The number of amides is 1. The minimum absolute atomic E-state index is 0.346. The Bertz CT molecular complexity index is 602. The summed E-state index contributed by atoms with van der Waals surface area (Å²) in [4.78, 5) is 14.9. The van der Waals surface area contributed by atoms with E-state index in [4.69, 9.17) is 0 Å². The van der Waals surface area contributed by atoms with Gasteiger partial charge in [0.2, 0.25) is 5.95 Å². The number of hydrogen-bond donors (Lipinski definition) is 1. The number of rotatable bonds is 2. The Morgan fingerprint density at radius 2 is 1.94 bits per heavy atom. The second kappa shape index (κ2) is 4.87. The first-order chi connectivity index (χ1) is 8.58. The van der Waals surface area contributed by atoms with Crippen molar-refractivity contribution in [1.82, 2.24) is 4.98 Å². The van der Waals surface area contributed by atoms with Crippen LogP contribution in [-0.4, -0.2) is 10.9 Å². The van der Waals surface area contributed by atoms with Gasteiger partial charge in [-0.05, 0) is 24.3 Å². The van der Waals surface area contributed by atoms with Crippen molar-refractivity contribution >= 4 is 11.6 Å². The summed E-state index contributed by atoms with van der Waals surface area (Å²) in [5.41, 5.74) is -0.704. The molecule has 6 heteroatoms. The van der Waals surface area contributed by atoms with Crippen molar-refractivity contribution in [3.8, 4) is 0 Å². The SMILES string of the molecule is O=C(Nc1cc(F)ccc1F)c1cccnc1F. The van der Waals surface area contributed by atoms with Crippen LogP contribution in [-0.2, 0) is 0 Å². The molecule has 0 aliphatic carbocycles. The van der Waals surface area contributed by atoms with E-state index in [1.165, 1.54) is 18.3 Å². The molecule has 2 rings (SSSR count). The quantitative estimate of drug-likeness (QED) is 0.835. The van der Waals surface area contributed by atoms with Crippen LogP contribution < -0.4 is 5.32 Å². The summed E-state index contributed by atoms with van der Waals surface area (Å²) < 4.78 is 39.3. The van der Waals surface area contributed by atoms with Crippen molar-refractivity contribution in [3.63, 3.8) is 0 Å². The molecule has 92 valence electrons. The standard InChI is InChI=1S/C12H7F3N2O/c13-7-3-4-9(14)10(6-7)17-12(18)8-2-1-5-16-11(8)15/h1-6H,(H,17,18). The maximum Gasteiger partial charge on any atom is 0.260 e. The van der Waals surface area contributed by atoms with Gasteiger partial charge in [-0.25, -0.2) is 13.8 Å². The zero-order valence-electron chi connectivity index (χ0n) is 8.95. The molecule has 1 heterocycles. The van der Waals surface area contributed by atoms with Gasteiger partial charge in [0.05, 0.1) is 11.3 Å². The first-order valence-electron chi connectivity index (χ1n) is 4.95. The predicted octanol–water partition coefficient (Wildman–Crippen LogP) is 2.75. The highest BCUT2D eigenvalue weighted by atomic mass is 19.1. The van der Waals surface area contributed by atoms with Crippen LogP contribution in [0.25, 0.3) is 0 Å². The molecular formula is C12H7F3N2O. The lowest BCUT2D eigenvalue weighted by atomic mass is 10.2. The normalized spacial score (nSPS) is 10.2. The summed E-state index contributed by atoms with van der Waals surface area (Å²) in [5, 5.41) is 2.07. The molecular weight excluding hydrogens is 245 g/mol. The molecule has 0 aliphatic heterocycles. The van der Waals surface area contributed by atoms with Crippen LogP contribution in [0.15, 0.2) is 36.5 Å². The molecule has 0 bridgehead atoms. The lowest BCUT2D eigenvalue weighted by Gasteiger charge is -2.06. The maximum atomic E-state index is 13.3. The van der Waals surface area contributed by atoms with Gasteiger partial charge in [0.15, 0.2) is 0 Å². The highest BCUT2D eigenvalue weighted by Crippen LogP contribution is 2.16. The van der Waals surface area contributed by atoms with Crippen LogP contribution >= 0.6 is 0 Å². The second-order valence-corrected chi connectivity index (χ2v) is 3.42. The number of benzene rings is 1. The largest absolute Gasteiger partial charge is 0.319 e. The number of aromatic nitrogens is 1. The number of nitrogens with zero attached hydrogens (tertiary/aromatic N) is 1. The Balaban J connectivity index is 2.27. The fraction of sp³-hybridized carbons (Fsp3) is 0. The minimum Gasteiger partial charge on any atom is -0.319 e. The van der Waals surface area contributed by atoms with Gasteiger partial charge in [-0.15, -0.1) is 0 Å². The van der Waals surface area contributed by atoms with Gasteiger partial charge in [0.25, 0.3) is 5.91 Å². The third-order valence-electron chi connectivity index (χ3n) is 2.18. The first-order valence-corrected chi connectivity index (χ1v) is 4.95. The van der Waals surface area contributed by atoms with Crippen molar-refractivity contribution < 1.29 is 18.0 Å². The lowest BCUT2D eigenvalue weighted by molar-refractivity contribution is 0.102. The smallest absolute Gasteiger partial charge is 0.260 e. The third kappa shape index (κ3) is 2.48. The van der Waals surface area contributed by atoms with Crippen LogP contribution in [0.3, 0.4) is 0 Å². The van der Waals surface area contributed by atoms with Gasteiger partial charge in [-0.2, -0.15) is 4.39 Å². The van der Waals surface area contributed by atoms with Crippen molar-refractivity contribution in [3.05, 3.63) is 59.7 Å². The average Bonchev–Trinajstić information content (AvgIpc) is 2.34. The molecule has 0 radical (unpaired) electrons. The van der Waals surface area contributed by atoms with E-state index in [-0.39, 0.29) is 11.3 Å². The molecule has 0 fully saturated rings. The molecule has 1 aromatic heterocycles. The molecule has 18 heavy (non-hydrogen) atoms. The fourth-order valence-electron chi connectivity index (χ4n) is 1.34. The van der Waals surface area contributed by atoms with E-state index in [0.29, 0.717) is 0 Å². The minimum atomic E-state index is -0.980. The zero-order valence-corrected chi connectivity index (χ0v) is 8.95. The van der Waals surface area contributed by atoms with Crippen molar-refractivity contribution in [2.45, 2.75) is 0 Å². The summed E-state index contributed by atoms with van der Waals surface area (Å²) in [6.45, 7) is 0. The molecule has 1 amide bonds. The number of hydrogen-bond acceptors (Lipinski definition) is 2. The molecule has 0 atom stereocenters. The number of anilines is 1. The molecule has 2 aromatic rings. The summed E-state index contributed by atoms with van der Waals surface area (Å²) in [6, 6.07) is 5.14. The summed E-state index contributed by atoms with van der Waals surface area (Å²) in [5.74, 6) is -3.40. The topological polar surface area (TPSA) is 42.0 Å².